The highest BCUT2D eigenvalue weighted by Crippen LogP contribution is 2.31. The summed E-state index contributed by atoms with van der Waals surface area (Å²) in [4.78, 5) is 12.6. The molecular weight excluding hydrogens is 284 g/mol. The summed E-state index contributed by atoms with van der Waals surface area (Å²) in [5.74, 6) is 0.00834. The van der Waals surface area contributed by atoms with Crippen LogP contribution in [0, 0.1) is 0 Å². The second-order valence-corrected chi connectivity index (χ2v) is 5.11. The van der Waals surface area contributed by atoms with Crippen molar-refractivity contribution in [3.63, 3.8) is 0 Å². The van der Waals surface area contributed by atoms with E-state index in [-0.39, 0.29) is 5.96 Å². The summed E-state index contributed by atoms with van der Waals surface area (Å²) < 4.78 is 0. The van der Waals surface area contributed by atoms with Crippen LogP contribution in [0.15, 0.2) is 39.6 Å². The van der Waals surface area contributed by atoms with E-state index in [1.165, 1.54) is 11.3 Å². The van der Waals surface area contributed by atoms with Crippen molar-refractivity contribution in [2.75, 3.05) is 11.9 Å². The van der Waals surface area contributed by atoms with Crippen LogP contribution in [0.5, 0.6) is 0 Å². The fraction of sp³-hybridized carbons (Fsp3) is 0.214. The lowest BCUT2D eigenvalue weighted by Gasteiger charge is -2.06. The summed E-state index contributed by atoms with van der Waals surface area (Å²) in [6, 6.07) is 7.89. The van der Waals surface area contributed by atoms with Crippen LogP contribution in [0.1, 0.15) is 13.3 Å². The Morgan fingerprint density at radius 1 is 1.38 bits per heavy atom. The number of aliphatic imine (C=N–C) groups is 2. The monoisotopic (exact) mass is 302 g/mol. The lowest BCUT2D eigenvalue weighted by molar-refractivity contribution is 0.936. The van der Waals surface area contributed by atoms with Gasteiger partial charge >= 0.3 is 0 Å². The first-order chi connectivity index (χ1) is 10.2. The maximum absolute atomic E-state index is 5.36. The number of hydrogen-bond acceptors (Lipinski definition) is 4. The maximum atomic E-state index is 5.36. The van der Waals surface area contributed by atoms with Crippen LogP contribution >= 0.6 is 11.3 Å². The van der Waals surface area contributed by atoms with Crippen molar-refractivity contribution in [1.29, 1.82) is 0 Å². The molecule has 1 heterocycles. The minimum Gasteiger partial charge on any atom is -0.370 e. The zero-order chi connectivity index (χ0) is 15.1. The molecule has 110 valence electrons. The molecule has 0 radical (unpaired) electrons. The molecule has 0 unspecified atom stereocenters. The summed E-state index contributed by atoms with van der Waals surface area (Å²) in [7, 11) is 0. The van der Waals surface area contributed by atoms with Crippen LogP contribution in [0.4, 0.5) is 10.8 Å². The lowest BCUT2D eigenvalue weighted by Crippen LogP contribution is -2.21. The third kappa shape index (κ3) is 4.28. The van der Waals surface area contributed by atoms with Crippen molar-refractivity contribution in [1.82, 2.24) is 4.98 Å². The first-order valence-corrected chi connectivity index (χ1v) is 7.48. The largest absolute Gasteiger partial charge is 0.370 e. The number of hydrogen-bond donors (Lipinski definition) is 3. The van der Waals surface area contributed by atoms with Gasteiger partial charge in [0.15, 0.2) is 5.96 Å². The van der Waals surface area contributed by atoms with Gasteiger partial charge in [-0.25, -0.2) is 4.98 Å². The highest BCUT2D eigenvalue weighted by molar-refractivity contribution is 7.13. The molecule has 1 aromatic carbocycles. The molecule has 0 aliphatic heterocycles. The van der Waals surface area contributed by atoms with E-state index in [2.05, 4.69) is 27.2 Å². The quantitative estimate of drug-likeness (QED) is 0.563. The molecule has 6 nitrogen and oxygen atoms in total. The van der Waals surface area contributed by atoms with Crippen LogP contribution in [0.2, 0.25) is 0 Å². The maximum Gasteiger partial charge on any atom is 0.212 e. The molecule has 0 aliphatic rings. The predicted octanol–water partition coefficient (Wildman–Crippen LogP) is 2.57. The Morgan fingerprint density at radius 3 is 2.95 bits per heavy atom. The van der Waals surface area contributed by atoms with E-state index in [0.29, 0.717) is 5.13 Å². The summed E-state index contributed by atoms with van der Waals surface area (Å²) in [5.41, 5.74) is 13.5. The van der Waals surface area contributed by atoms with Gasteiger partial charge in [0.25, 0.3) is 0 Å². The second kappa shape index (κ2) is 7.39. The Balaban J connectivity index is 2.23. The number of benzene rings is 1. The smallest absolute Gasteiger partial charge is 0.212 e. The number of thiazole rings is 1. The molecule has 0 aliphatic carbocycles. The number of anilines is 1. The van der Waals surface area contributed by atoms with Gasteiger partial charge in [0.2, 0.25) is 5.13 Å². The van der Waals surface area contributed by atoms with Gasteiger partial charge in [-0.3, -0.25) is 4.99 Å². The molecule has 0 amide bonds. The highest BCUT2D eigenvalue weighted by Gasteiger charge is 2.08. The average Bonchev–Trinajstić information content (AvgIpc) is 2.91. The molecule has 0 spiro atoms. The summed E-state index contributed by atoms with van der Waals surface area (Å²) in [5, 5.41) is 5.65. The molecule has 0 atom stereocenters. The van der Waals surface area contributed by atoms with Crippen LogP contribution < -0.4 is 16.8 Å². The van der Waals surface area contributed by atoms with Gasteiger partial charge < -0.3 is 16.8 Å². The average molecular weight is 302 g/mol. The number of nitrogens with zero attached hydrogens (tertiary/aromatic N) is 3. The molecule has 7 heteroatoms. The summed E-state index contributed by atoms with van der Waals surface area (Å²) >= 11 is 1.39. The Labute approximate surface area is 127 Å². The Bertz CT molecular complexity index is 642. The minimum absolute atomic E-state index is 0.00834. The van der Waals surface area contributed by atoms with Crippen molar-refractivity contribution < 1.29 is 0 Å². The topological polar surface area (TPSA) is 102 Å². The molecule has 5 N–H and O–H groups in total. The van der Waals surface area contributed by atoms with E-state index in [0.717, 1.165) is 29.9 Å². The number of nitrogens with one attached hydrogen (secondary N) is 1. The molecular formula is C14H18N6S. The van der Waals surface area contributed by atoms with E-state index >= 15 is 0 Å². The van der Waals surface area contributed by atoms with Gasteiger partial charge in [-0.15, -0.1) is 11.3 Å². The van der Waals surface area contributed by atoms with Gasteiger partial charge in [0.05, 0.1) is 12.0 Å². The van der Waals surface area contributed by atoms with Gasteiger partial charge in [-0.1, -0.05) is 25.1 Å². The number of guanidine groups is 1. The van der Waals surface area contributed by atoms with E-state index in [9.17, 15) is 0 Å². The normalized spacial score (nSPS) is 10.7. The van der Waals surface area contributed by atoms with E-state index in [1.807, 2.05) is 29.6 Å². The molecule has 1 aromatic heterocycles. The van der Waals surface area contributed by atoms with Crippen LogP contribution in [0.25, 0.3) is 11.3 Å². The van der Waals surface area contributed by atoms with Crippen LogP contribution in [-0.2, 0) is 0 Å². The Hall–Kier alpha value is -2.41. The van der Waals surface area contributed by atoms with E-state index < -0.39 is 0 Å². The standard InChI is InChI=1S/C14H18N6S/c1-2-7-17-9-18-11-6-4-3-5-10(11)12-8-21-14(19-12)20-13(15)16/h3-6,8-9H,2,7H2,1H3,(H,17,18)(H4,15,16,19,20). The zero-order valence-electron chi connectivity index (χ0n) is 11.8. The predicted molar refractivity (Wildman–Crippen MR) is 90.3 cm³/mol. The molecule has 0 fully saturated rings. The van der Waals surface area contributed by atoms with Gasteiger partial charge in [0, 0.05) is 23.2 Å². The van der Waals surface area contributed by atoms with Crippen molar-refractivity contribution >= 4 is 34.5 Å². The summed E-state index contributed by atoms with van der Waals surface area (Å²) in [6.07, 6.45) is 2.74. The summed E-state index contributed by atoms with van der Waals surface area (Å²) in [6.45, 7) is 2.90. The van der Waals surface area contributed by atoms with Crippen molar-refractivity contribution in [2.24, 2.45) is 21.5 Å². The molecule has 0 saturated heterocycles. The number of nitrogens with two attached hydrogens (primary N) is 2. The number of para-hydroxylation sites is 1. The van der Waals surface area contributed by atoms with Crippen molar-refractivity contribution in [2.45, 2.75) is 13.3 Å². The SMILES string of the molecule is CCCN=CNc1ccccc1-c1csc(N=C(N)N)n1. The van der Waals surface area contributed by atoms with Crippen molar-refractivity contribution in [3.8, 4) is 11.3 Å². The third-order valence-corrected chi connectivity index (χ3v) is 3.32. The molecule has 0 bridgehead atoms. The van der Waals surface area contributed by atoms with E-state index in [4.69, 9.17) is 11.5 Å². The Kier molecular flexibility index (Phi) is 5.28. The first-order valence-electron chi connectivity index (χ1n) is 6.60. The third-order valence-electron chi connectivity index (χ3n) is 2.58. The van der Waals surface area contributed by atoms with Crippen LogP contribution in [-0.4, -0.2) is 23.8 Å². The lowest BCUT2D eigenvalue weighted by atomic mass is 10.1. The first kappa shape index (κ1) is 15.0. The minimum atomic E-state index is 0.00834. The molecule has 2 rings (SSSR count). The van der Waals surface area contributed by atoms with Gasteiger partial charge in [-0.05, 0) is 12.5 Å². The number of rotatable bonds is 6. The molecule has 21 heavy (non-hydrogen) atoms. The van der Waals surface area contributed by atoms with Crippen molar-refractivity contribution in [3.05, 3.63) is 29.6 Å². The fourth-order valence-electron chi connectivity index (χ4n) is 1.69. The highest BCUT2D eigenvalue weighted by atomic mass is 32.1. The Morgan fingerprint density at radius 2 is 2.19 bits per heavy atom. The van der Waals surface area contributed by atoms with Gasteiger partial charge in [-0.2, -0.15) is 4.99 Å². The molecule has 0 saturated carbocycles. The fourth-order valence-corrected chi connectivity index (χ4v) is 2.40. The second-order valence-electron chi connectivity index (χ2n) is 4.28. The van der Waals surface area contributed by atoms with Crippen LogP contribution in [0.3, 0.4) is 0 Å². The molecule has 2 aromatic rings. The zero-order valence-corrected chi connectivity index (χ0v) is 12.6. The van der Waals surface area contributed by atoms with E-state index in [1.54, 1.807) is 6.34 Å². The number of aromatic nitrogens is 1. The van der Waals surface area contributed by atoms with Gasteiger partial charge in [0.1, 0.15) is 0 Å².